The number of carboxylic acids is 1. The molecule has 0 radical (unpaired) electrons. The lowest BCUT2D eigenvalue weighted by Crippen LogP contribution is -2.17. The number of carboxylic acid groups (broad SMARTS) is 1. The summed E-state index contributed by atoms with van der Waals surface area (Å²) in [6.45, 7) is 0. The Balaban J connectivity index is 1.69. The summed E-state index contributed by atoms with van der Waals surface area (Å²) in [6.07, 6.45) is 12.6. The standard InChI is InChI=1S/C23H30O4/c24-20(15-12-18-8-4-3-5-9-18)16-13-19-14-17-22(25)21(19)10-6-1-2-7-11-23(26)27/h1,3-6,8-9,14,17,19-21,24H,2,7,10-13,15-16H2,(H,26,27)/b6-1+/t19-,20+,21+/m0/s1. The van der Waals surface area contributed by atoms with Crippen molar-refractivity contribution in [3.8, 4) is 0 Å². The van der Waals surface area contributed by atoms with Crippen molar-refractivity contribution in [3.05, 3.63) is 60.2 Å². The van der Waals surface area contributed by atoms with Gasteiger partial charge in [0.25, 0.3) is 0 Å². The second kappa shape index (κ2) is 11.5. The van der Waals surface area contributed by atoms with Crippen molar-refractivity contribution >= 4 is 11.8 Å². The van der Waals surface area contributed by atoms with Gasteiger partial charge in [-0.3, -0.25) is 9.59 Å². The van der Waals surface area contributed by atoms with Crippen LogP contribution in [-0.4, -0.2) is 28.1 Å². The predicted octanol–water partition coefficient (Wildman–Crippen LogP) is 4.33. The summed E-state index contributed by atoms with van der Waals surface area (Å²) in [7, 11) is 0. The summed E-state index contributed by atoms with van der Waals surface area (Å²) >= 11 is 0. The minimum Gasteiger partial charge on any atom is -0.481 e. The summed E-state index contributed by atoms with van der Waals surface area (Å²) < 4.78 is 0. The SMILES string of the molecule is O=C(O)CCC/C=C/C[C@H]1C(=O)C=C[C@@H]1CC[C@H](O)CCc1ccccc1. The van der Waals surface area contributed by atoms with Crippen LogP contribution in [0.4, 0.5) is 0 Å². The number of carbonyl (C=O) groups excluding carboxylic acids is 1. The molecule has 0 bridgehead atoms. The van der Waals surface area contributed by atoms with Crippen LogP contribution in [0, 0.1) is 11.8 Å². The molecule has 1 aromatic rings. The van der Waals surface area contributed by atoms with E-state index >= 15 is 0 Å². The molecule has 146 valence electrons. The molecule has 0 saturated heterocycles. The summed E-state index contributed by atoms with van der Waals surface area (Å²) in [4.78, 5) is 22.6. The zero-order valence-corrected chi connectivity index (χ0v) is 15.8. The molecule has 1 aliphatic carbocycles. The van der Waals surface area contributed by atoms with Crippen LogP contribution in [-0.2, 0) is 16.0 Å². The van der Waals surface area contributed by atoms with Crippen LogP contribution in [0.3, 0.4) is 0 Å². The molecule has 0 aromatic heterocycles. The first-order chi connectivity index (χ1) is 13.1. The van der Waals surface area contributed by atoms with Crippen molar-refractivity contribution in [2.24, 2.45) is 11.8 Å². The largest absolute Gasteiger partial charge is 0.481 e. The number of benzene rings is 1. The molecule has 4 nitrogen and oxygen atoms in total. The van der Waals surface area contributed by atoms with Crippen molar-refractivity contribution in [1.29, 1.82) is 0 Å². The van der Waals surface area contributed by atoms with E-state index in [9.17, 15) is 14.7 Å². The van der Waals surface area contributed by atoms with Crippen LogP contribution in [0.2, 0.25) is 0 Å². The van der Waals surface area contributed by atoms with Gasteiger partial charge in [-0.15, -0.1) is 0 Å². The number of hydrogen-bond acceptors (Lipinski definition) is 3. The number of unbranched alkanes of at least 4 members (excludes halogenated alkanes) is 1. The summed E-state index contributed by atoms with van der Waals surface area (Å²) in [5, 5.41) is 18.9. The van der Waals surface area contributed by atoms with Crippen LogP contribution in [0.1, 0.15) is 50.5 Å². The fraction of sp³-hybridized carbons (Fsp3) is 0.478. The number of aliphatic hydroxyl groups excluding tert-OH is 1. The Morgan fingerprint density at radius 3 is 2.67 bits per heavy atom. The second-order valence-electron chi connectivity index (χ2n) is 7.28. The maximum absolute atomic E-state index is 12.1. The van der Waals surface area contributed by atoms with Crippen LogP contribution < -0.4 is 0 Å². The molecule has 1 aromatic carbocycles. The van der Waals surface area contributed by atoms with Crippen molar-refractivity contribution in [2.75, 3.05) is 0 Å². The van der Waals surface area contributed by atoms with E-state index in [0.717, 1.165) is 25.7 Å². The minimum absolute atomic E-state index is 0.0398. The van der Waals surface area contributed by atoms with Gasteiger partial charge in [-0.1, -0.05) is 48.6 Å². The molecule has 3 atom stereocenters. The van der Waals surface area contributed by atoms with Crippen LogP contribution in [0.5, 0.6) is 0 Å². The number of aliphatic carboxylic acids is 1. The molecule has 0 spiro atoms. The highest BCUT2D eigenvalue weighted by molar-refractivity contribution is 5.94. The number of hydrogen-bond donors (Lipinski definition) is 2. The normalized spacial score (nSPS) is 20.4. The third-order valence-corrected chi connectivity index (χ3v) is 5.15. The molecule has 2 rings (SSSR count). The number of carbonyl (C=O) groups is 2. The maximum atomic E-state index is 12.1. The lowest BCUT2D eigenvalue weighted by molar-refractivity contribution is -0.137. The Hall–Kier alpha value is -2.20. The van der Waals surface area contributed by atoms with Crippen molar-refractivity contribution < 1.29 is 19.8 Å². The van der Waals surface area contributed by atoms with Gasteiger partial charge in [-0.05, 0) is 62.5 Å². The average molecular weight is 370 g/mol. The van der Waals surface area contributed by atoms with Crippen molar-refractivity contribution in [2.45, 2.75) is 57.5 Å². The summed E-state index contributed by atoms with van der Waals surface area (Å²) in [6, 6.07) is 10.2. The van der Waals surface area contributed by atoms with Gasteiger partial charge < -0.3 is 10.2 Å². The zero-order chi connectivity index (χ0) is 19.5. The number of aliphatic hydroxyl groups is 1. The molecule has 27 heavy (non-hydrogen) atoms. The van der Waals surface area contributed by atoms with Gasteiger partial charge >= 0.3 is 5.97 Å². The van der Waals surface area contributed by atoms with E-state index in [1.165, 1.54) is 5.56 Å². The molecule has 0 heterocycles. The molecule has 4 heteroatoms. The van der Waals surface area contributed by atoms with Gasteiger partial charge in [-0.2, -0.15) is 0 Å². The molecule has 0 saturated carbocycles. The Morgan fingerprint density at radius 1 is 1.15 bits per heavy atom. The molecule has 0 unspecified atom stereocenters. The monoisotopic (exact) mass is 370 g/mol. The topological polar surface area (TPSA) is 74.6 Å². The molecule has 0 aliphatic heterocycles. The van der Waals surface area contributed by atoms with E-state index in [4.69, 9.17) is 5.11 Å². The van der Waals surface area contributed by atoms with E-state index < -0.39 is 5.97 Å². The van der Waals surface area contributed by atoms with Crippen LogP contribution >= 0.6 is 0 Å². The van der Waals surface area contributed by atoms with Crippen molar-refractivity contribution in [3.63, 3.8) is 0 Å². The number of allylic oxidation sites excluding steroid dienone is 4. The second-order valence-corrected chi connectivity index (χ2v) is 7.28. The molecular weight excluding hydrogens is 340 g/mol. The van der Waals surface area contributed by atoms with Crippen LogP contribution in [0.15, 0.2) is 54.6 Å². The first-order valence-corrected chi connectivity index (χ1v) is 9.87. The molecule has 0 fully saturated rings. The maximum Gasteiger partial charge on any atom is 0.303 e. The smallest absolute Gasteiger partial charge is 0.303 e. The summed E-state index contributed by atoms with van der Waals surface area (Å²) in [5.41, 5.74) is 1.23. The minimum atomic E-state index is -0.774. The molecule has 2 N–H and O–H groups in total. The van der Waals surface area contributed by atoms with Gasteiger partial charge in [0.05, 0.1) is 6.10 Å². The first kappa shape index (κ1) is 21.1. The quantitative estimate of drug-likeness (QED) is 0.424. The third-order valence-electron chi connectivity index (χ3n) is 5.15. The molecular formula is C23H30O4. The zero-order valence-electron chi connectivity index (χ0n) is 15.8. The predicted molar refractivity (Wildman–Crippen MR) is 106 cm³/mol. The van der Waals surface area contributed by atoms with Gasteiger partial charge in [0.2, 0.25) is 0 Å². The first-order valence-electron chi connectivity index (χ1n) is 9.87. The van der Waals surface area contributed by atoms with Gasteiger partial charge in [0, 0.05) is 12.3 Å². The Kier molecular flexibility index (Phi) is 8.99. The van der Waals surface area contributed by atoms with Gasteiger partial charge in [0.1, 0.15) is 0 Å². The van der Waals surface area contributed by atoms with Gasteiger partial charge in [-0.25, -0.2) is 0 Å². The Bertz CT molecular complexity index is 648. The van der Waals surface area contributed by atoms with Gasteiger partial charge in [0.15, 0.2) is 5.78 Å². The molecule has 0 amide bonds. The van der Waals surface area contributed by atoms with E-state index in [1.807, 2.05) is 36.4 Å². The number of rotatable bonds is 12. The highest BCUT2D eigenvalue weighted by atomic mass is 16.4. The number of ketones is 1. The van der Waals surface area contributed by atoms with E-state index in [1.54, 1.807) is 6.08 Å². The van der Waals surface area contributed by atoms with E-state index in [2.05, 4.69) is 12.1 Å². The summed E-state index contributed by atoms with van der Waals surface area (Å²) in [5.74, 6) is -0.465. The fourth-order valence-corrected chi connectivity index (χ4v) is 3.51. The van der Waals surface area contributed by atoms with E-state index in [-0.39, 0.29) is 30.1 Å². The Morgan fingerprint density at radius 2 is 1.93 bits per heavy atom. The highest BCUT2D eigenvalue weighted by Crippen LogP contribution is 2.30. The average Bonchev–Trinajstić information content (AvgIpc) is 3.01. The third kappa shape index (κ3) is 7.92. The lowest BCUT2D eigenvalue weighted by atomic mass is 9.86. The Labute approximate surface area is 161 Å². The fourth-order valence-electron chi connectivity index (χ4n) is 3.51. The molecule has 1 aliphatic rings. The van der Waals surface area contributed by atoms with E-state index in [0.29, 0.717) is 19.3 Å². The lowest BCUT2D eigenvalue weighted by Gasteiger charge is -2.18. The van der Waals surface area contributed by atoms with Crippen LogP contribution in [0.25, 0.3) is 0 Å². The van der Waals surface area contributed by atoms with Crippen molar-refractivity contribution in [1.82, 2.24) is 0 Å². The number of aryl methyl sites for hydroxylation is 1. The highest BCUT2D eigenvalue weighted by Gasteiger charge is 2.29.